The van der Waals surface area contributed by atoms with E-state index >= 15 is 0 Å². The van der Waals surface area contributed by atoms with Gasteiger partial charge in [0.1, 0.15) is 0 Å². The van der Waals surface area contributed by atoms with E-state index in [-0.39, 0.29) is 12.6 Å². The van der Waals surface area contributed by atoms with Crippen LogP contribution in [0.5, 0.6) is 0 Å². The first-order valence-corrected chi connectivity index (χ1v) is 5.36. The highest BCUT2D eigenvalue weighted by molar-refractivity contribution is 7.09. The van der Waals surface area contributed by atoms with Crippen LogP contribution in [0.1, 0.15) is 11.3 Å². The van der Waals surface area contributed by atoms with Gasteiger partial charge in [-0.3, -0.25) is 0 Å². The number of nitrogens with one attached hydrogen (secondary N) is 2. The summed E-state index contributed by atoms with van der Waals surface area (Å²) in [6.45, 7) is 1.17. The molecular formula is C9H14N2O2S. The second kappa shape index (κ2) is 6.39. The minimum Gasteiger partial charge on any atom is -0.396 e. The van der Waals surface area contributed by atoms with Crippen LogP contribution in [0.15, 0.2) is 17.5 Å². The zero-order valence-corrected chi connectivity index (χ0v) is 8.64. The first-order chi connectivity index (χ1) is 6.83. The van der Waals surface area contributed by atoms with Gasteiger partial charge in [-0.1, -0.05) is 6.07 Å². The van der Waals surface area contributed by atoms with Crippen LogP contribution in [-0.2, 0) is 6.54 Å². The van der Waals surface area contributed by atoms with Gasteiger partial charge in [0.05, 0.1) is 6.54 Å². The third-order valence-electron chi connectivity index (χ3n) is 1.62. The summed E-state index contributed by atoms with van der Waals surface area (Å²) in [5.74, 6) is 0. The summed E-state index contributed by atoms with van der Waals surface area (Å²) in [4.78, 5) is 12.2. The molecule has 1 heterocycles. The topological polar surface area (TPSA) is 61.4 Å². The Kier molecular flexibility index (Phi) is 5.03. The molecule has 0 unspecified atom stereocenters. The second-order valence-electron chi connectivity index (χ2n) is 2.77. The van der Waals surface area contributed by atoms with Gasteiger partial charge in [0.2, 0.25) is 0 Å². The Morgan fingerprint density at radius 1 is 1.50 bits per heavy atom. The molecule has 78 valence electrons. The first kappa shape index (κ1) is 11.0. The fourth-order valence-electron chi connectivity index (χ4n) is 0.924. The smallest absolute Gasteiger partial charge is 0.315 e. The van der Waals surface area contributed by atoms with Gasteiger partial charge in [-0.2, -0.15) is 0 Å². The van der Waals surface area contributed by atoms with Gasteiger partial charge in [0.15, 0.2) is 0 Å². The van der Waals surface area contributed by atoms with Crippen molar-refractivity contribution in [3.63, 3.8) is 0 Å². The normalized spacial score (nSPS) is 9.79. The van der Waals surface area contributed by atoms with Gasteiger partial charge in [-0.25, -0.2) is 4.79 Å². The van der Waals surface area contributed by atoms with E-state index in [9.17, 15) is 4.79 Å². The molecule has 0 aliphatic rings. The van der Waals surface area contributed by atoms with Gasteiger partial charge >= 0.3 is 6.03 Å². The Morgan fingerprint density at radius 3 is 3.00 bits per heavy atom. The number of rotatable bonds is 5. The molecule has 0 fully saturated rings. The zero-order valence-electron chi connectivity index (χ0n) is 7.82. The number of urea groups is 1. The molecule has 14 heavy (non-hydrogen) atoms. The lowest BCUT2D eigenvalue weighted by molar-refractivity contribution is 0.238. The molecule has 1 rings (SSSR count). The highest BCUT2D eigenvalue weighted by Crippen LogP contribution is 2.06. The minimum atomic E-state index is -0.188. The van der Waals surface area contributed by atoms with Gasteiger partial charge < -0.3 is 15.7 Å². The van der Waals surface area contributed by atoms with Crippen molar-refractivity contribution < 1.29 is 9.90 Å². The molecule has 3 N–H and O–H groups in total. The Morgan fingerprint density at radius 2 is 2.36 bits per heavy atom. The summed E-state index contributed by atoms with van der Waals surface area (Å²) in [6, 6.07) is 3.73. The average Bonchev–Trinajstić information content (AvgIpc) is 2.68. The van der Waals surface area contributed by atoms with Gasteiger partial charge in [-0.05, 0) is 17.9 Å². The highest BCUT2D eigenvalue weighted by Gasteiger charge is 1.99. The number of amides is 2. The van der Waals surface area contributed by atoms with Crippen molar-refractivity contribution in [2.45, 2.75) is 13.0 Å². The number of hydrogen-bond donors (Lipinski definition) is 3. The number of thiophene rings is 1. The van der Waals surface area contributed by atoms with Crippen LogP contribution >= 0.6 is 11.3 Å². The SMILES string of the molecule is O=C(NCCCO)NCc1cccs1. The molecule has 1 aromatic heterocycles. The van der Waals surface area contributed by atoms with Gasteiger partial charge in [0, 0.05) is 18.0 Å². The summed E-state index contributed by atoms with van der Waals surface area (Å²) in [5, 5.41) is 15.8. The Balaban J connectivity index is 2.09. The molecule has 0 bridgehead atoms. The molecule has 2 amide bonds. The van der Waals surface area contributed by atoms with Crippen LogP contribution in [0.3, 0.4) is 0 Å². The van der Waals surface area contributed by atoms with E-state index in [0.717, 1.165) is 4.88 Å². The molecule has 0 spiro atoms. The summed E-state index contributed by atoms with van der Waals surface area (Å²) in [5.41, 5.74) is 0. The number of hydrogen-bond acceptors (Lipinski definition) is 3. The van der Waals surface area contributed by atoms with E-state index in [1.165, 1.54) is 0 Å². The minimum absolute atomic E-state index is 0.102. The number of aliphatic hydroxyl groups excluding tert-OH is 1. The maximum absolute atomic E-state index is 11.1. The number of aliphatic hydroxyl groups is 1. The zero-order chi connectivity index (χ0) is 10.2. The number of carbonyl (C=O) groups is 1. The quantitative estimate of drug-likeness (QED) is 0.638. The Labute approximate surface area is 87.0 Å². The van der Waals surface area contributed by atoms with E-state index in [4.69, 9.17) is 5.11 Å². The lowest BCUT2D eigenvalue weighted by Gasteiger charge is -2.05. The third kappa shape index (κ3) is 4.25. The Bertz CT molecular complexity index is 262. The fraction of sp³-hybridized carbons (Fsp3) is 0.444. The summed E-state index contributed by atoms with van der Waals surface area (Å²) < 4.78 is 0. The van der Waals surface area contributed by atoms with E-state index < -0.39 is 0 Å². The lowest BCUT2D eigenvalue weighted by Crippen LogP contribution is -2.35. The third-order valence-corrected chi connectivity index (χ3v) is 2.50. The van der Waals surface area contributed by atoms with Crippen molar-refractivity contribution in [3.05, 3.63) is 22.4 Å². The van der Waals surface area contributed by atoms with Crippen molar-refractivity contribution in [1.29, 1.82) is 0 Å². The molecule has 5 heteroatoms. The van der Waals surface area contributed by atoms with Crippen molar-refractivity contribution in [2.24, 2.45) is 0 Å². The molecule has 1 aromatic rings. The van der Waals surface area contributed by atoms with Crippen molar-refractivity contribution >= 4 is 17.4 Å². The van der Waals surface area contributed by atoms with E-state index in [0.29, 0.717) is 19.5 Å². The lowest BCUT2D eigenvalue weighted by atomic mass is 10.4. The van der Waals surface area contributed by atoms with Crippen LogP contribution in [0.4, 0.5) is 4.79 Å². The maximum Gasteiger partial charge on any atom is 0.315 e. The summed E-state index contributed by atoms with van der Waals surface area (Å²) in [7, 11) is 0. The first-order valence-electron chi connectivity index (χ1n) is 4.48. The fourth-order valence-corrected chi connectivity index (χ4v) is 1.57. The molecule has 0 radical (unpaired) electrons. The van der Waals surface area contributed by atoms with Gasteiger partial charge in [0.25, 0.3) is 0 Å². The number of carbonyl (C=O) groups excluding carboxylic acids is 1. The molecule has 0 saturated heterocycles. The summed E-state index contributed by atoms with van der Waals surface area (Å²) >= 11 is 1.61. The maximum atomic E-state index is 11.1. The largest absolute Gasteiger partial charge is 0.396 e. The summed E-state index contributed by atoms with van der Waals surface area (Å²) in [6.07, 6.45) is 0.590. The average molecular weight is 214 g/mol. The molecule has 0 atom stereocenters. The molecule has 0 aliphatic heterocycles. The molecule has 0 aliphatic carbocycles. The molecule has 4 nitrogen and oxygen atoms in total. The second-order valence-corrected chi connectivity index (χ2v) is 3.80. The van der Waals surface area contributed by atoms with Crippen LogP contribution in [-0.4, -0.2) is 24.3 Å². The van der Waals surface area contributed by atoms with E-state index in [2.05, 4.69) is 10.6 Å². The Hall–Kier alpha value is -1.07. The molecule has 0 aromatic carbocycles. The van der Waals surface area contributed by atoms with Crippen LogP contribution in [0.2, 0.25) is 0 Å². The van der Waals surface area contributed by atoms with E-state index in [1.54, 1.807) is 11.3 Å². The van der Waals surface area contributed by atoms with Crippen LogP contribution in [0, 0.1) is 0 Å². The van der Waals surface area contributed by atoms with Crippen LogP contribution < -0.4 is 10.6 Å². The van der Waals surface area contributed by atoms with E-state index in [1.807, 2.05) is 17.5 Å². The predicted octanol–water partition coefficient (Wildman–Crippen LogP) is 0.930. The van der Waals surface area contributed by atoms with Crippen molar-refractivity contribution in [2.75, 3.05) is 13.2 Å². The standard InChI is InChI=1S/C9H14N2O2S/c12-5-2-4-10-9(13)11-7-8-3-1-6-14-8/h1,3,6,12H,2,4-5,7H2,(H2,10,11,13). The monoisotopic (exact) mass is 214 g/mol. The molecule has 0 saturated carbocycles. The van der Waals surface area contributed by atoms with Crippen molar-refractivity contribution in [3.8, 4) is 0 Å². The van der Waals surface area contributed by atoms with Gasteiger partial charge in [-0.15, -0.1) is 11.3 Å². The predicted molar refractivity (Wildman–Crippen MR) is 56.3 cm³/mol. The van der Waals surface area contributed by atoms with Crippen molar-refractivity contribution in [1.82, 2.24) is 10.6 Å². The highest BCUT2D eigenvalue weighted by atomic mass is 32.1. The molecular weight excluding hydrogens is 200 g/mol. The van der Waals surface area contributed by atoms with Crippen LogP contribution in [0.25, 0.3) is 0 Å².